The van der Waals surface area contributed by atoms with Gasteiger partial charge in [-0.2, -0.15) is 4.37 Å². The standard InChI is InChI=1S/C16H23N5S/c1-4-20-7-9-21(10-8-20)14-5-6-15(12(2)11-14)18-16-17-13(3)19-22-16/h5-6,11H,4,7-10H2,1-3H3,(H,17,18,19). The second-order valence-electron chi connectivity index (χ2n) is 5.69. The van der Waals surface area contributed by atoms with E-state index < -0.39 is 0 Å². The van der Waals surface area contributed by atoms with Crippen molar-refractivity contribution < 1.29 is 0 Å². The summed E-state index contributed by atoms with van der Waals surface area (Å²) in [5.74, 6) is 0.815. The molecule has 22 heavy (non-hydrogen) atoms. The first kappa shape index (κ1) is 15.2. The Morgan fingerprint density at radius 3 is 2.55 bits per heavy atom. The number of hydrogen-bond acceptors (Lipinski definition) is 6. The predicted octanol–water partition coefficient (Wildman–Crippen LogP) is 3.04. The fraction of sp³-hybridized carbons (Fsp3) is 0.500. The van der Waals surface area contributed by atoms with E-state index >= 15 is 0 Å². The highest BCUT2D eigenvalue weighted by atomic mass is 32.1. The third kappa shape index (κ3) is 3.39. The van der Waals surface area contributed by atoms with Crippen LogP contribution in [-0.2, 0) is 0 Å². The number of anilines is 3. The van der Waals surface area contributed by atoms with Crippen LogP contribution in [0.1, 0.15) is 18.3 Å². The summed E-state index contributed by atoms with van der Waals surface area (Å²) in [5, 5.41) is 4.21. The number of likely N-dealkylation sites (N-methyl/N-ethyl adjacent to an activating group) is 1. The molecular weight excluding hydrogens is 294 g/mol. The van der Waals surface area contributed by atoms with Crippen LogP contribution in [0, 0.1) is 13.8 Å². The molecule has 2 aromatic rings. The zero-order valence-corrected chi connectivity index (χ0v) is 14.3. The van der Waals surface area contributed by atoms with Gasteiger partial charge < -0.3 is 15.1 Å². The van der Waals surface area contributed by atoms with Gasteiger partial charge in [0, 0.05) is 49.1 Å². The van der Waals surface area contributed by atoms with Crippen LogP contribution in [0.5, 0.6) is 0 Å². The van der Waals surface area contributed by atoms with Gasteiger partial charge in [-0.3, -0.25) is 0 Å². The minimum Gasteiger partial charge on any atom is -0.369 e. The van der Waals surface area contributed by atoms with Gasteiger partial charge in [0.2, 0.25) is 5.13 Å². The van der Waals surface area contributed by atoms with Gasteiger partial charge in [-0.05, 0) is 44.2 Å². The quantitative estimate of drug-likeness (QED) is 0.939. The lowest BCUT2D eigenvalue weighted by atomic mass is 10.1. The Kier molecular flexibility index (Phi) is 4.59. The van der Waals surface area contributed by atoms with Gasteiger partial charge in [0.15, 0.2) is 0 Å². The van der Waals surface area contributed by atoms with E-state index in [1.807, 2.05) is 6.92 Å². The van der Waals surface area contributed by atoms with Crippen molar-refractivity contribution in [3.8, 4) is 0 Å². The van der Waals surface area contributed by atoms with Crippen molar-refractivity contribution in [1.82, 2.24) is 14.3 Å². The SMILES string of the molecule is CCN1CCN(c2ccc(Nc3nc(C)ns3)c(C)c2)CC1. The molecule has 0 saturated carbocycles. The maximum Gasteiger partial charge on any atom is 0.207 e. The smallest absolute Gasteiger partial charge is 0.207 e. The Bertz CT molecular complexity index is 631. The van der Waals surface area contributed by atoms with E-state index in [9.17, 15) is 0 Å². The van der Waals surface area contributed by atoms with Gasteiger partial charge in [-0.15, -0.1) is 0 Å². The van der Waals surface area contributed by atoms with Crippen LogP contribution < -0.4 is 10.2 Å². The van der Waals surface area contributed by atoms with Gasteiger partial charge in [0.1, 0.15) is 5.82 Å². The summed E-state index contributed by atoms with van der Waals surface area (Å²) >= 11 is 1.40. The molecule has 2 heterocycles. The second kappa shape index (κ2) is 6.62. The third-order valence-corrected chi connectivity index (χ3v) is 4.89. The lowest BCUT2D eigenvalue weighted by molar-refractivity contribution is 0.271. The first-order valence-corrected chi connectivity index (χ1v) is 8.58. The molecule has 1 aliphatic heterocycles. The number of piperazine rings is 1. The second-order valence-corrected chi connectivity index (χ2v) is 6.44. The van der Waals surface area contributed by atoms with E-state index in [0.717, 1.165) is 49.4 Å². The molecule has 1 N–H and O–H groups in total. The Morgan fingerprint density at radius 1 is 1.18 bits per heavy atom. The van der Waals surface area contributed by atoms with Gasteiger partial charge in [-0.1, -0.05) is 6.92 Å². The Labute approximate surface area is 136 Å². The molecule has 0 amide bonds. The molecule has 3 rings (SSSR count). The predicted molar refractivity (Wildman–Crippen MR) is 93.4 cm³/mol. The molecule has 1 aromatic carbocycles. The van der Waals surface area contributed by atoms with E-state index in [1.54, 1.807) is 0 Å². The average Bonchev–Trinajstić information content (AvgIpc) is 2.94. The van der Waals surface area contributed by atoms with Crippen LogP contribution >= 0.6 is 11.5 Å². The van der Waals surface area contributed by atoms with Gasteiger partial charge in [-0.25, -0.2) is 4.98 Å². The van der Waals surface area contributed by atoms with Crippen molar-refractivity contribution in [3.63, 3.8) is 0 Å². The highest BCUT2D eigenvalue weighted by Crippen LogP contribution is 2.26. The molecule has 1 aliphatic rings. The van der Waals surface area contributed by atoms with Crippen LogP contribution in [0.2, 0.25) is 0 Å². The first-order valence-electron chi connectivity index (χ1n) is 7.81. The van der Waals surface area contributed by atoms with Gasteiger partial charge in [0.05, 0.1) is 0 Å². The van der Waals surface area contributed by atoms with Gasteiger partial charge in [0.25, 0.3) is 0 Å². The molecule has 0 spiro atoms. The van der Waals surface area contributed by atoms with Crippen molar-refractivity contribution in [2.75, 3.05) is 42.9 Å². The highest BCUT2D eigenvalue weighted by molar-refractivity contribution is 7.09. The number of hydrogen-bond donors (Lipinski definition) is 1. The molecule has 0 bridgehead atoms. The van der Waals surface area contributed by atoms with Crippen LogP contribution in [0.4, 0.5) is 16.5 Å². The minimum absolute atomic E-state index is 0.815. The summed E-state index contributed by atoms with van der Waals surface area (Å²) in [6.45, 7) is 12.0. The number of benzene rings is 1. The first-order chi connectivity index (χ1) is 10.7. The number of nitrogens with one attached hydrogen (secondary N) is 1. The van der Waals surface area contributed by atoms with E-state index in [4.69, 9.17) is 0 Å². The van der Waals surface area contributed by atoms with E-state index in [0.29, 0.717) is 0 Å². The molecule has 0 radical (unpaired) electrons. The number of aryl methyl sites for hydroxylation is 2. The molecule has 0 unspecified atom stereocenters. The van der Waals surface area contributed by atoms with Crippen LogP contribution in [0.3, 0.4) is 0 Å². The van der Waals surface area contributed by atoms with Crippen LogP contribution in [0.15, 0.2) is 18.2 Å². The molecule has 6 heteroatoms. The van der Waals surface area contributed by atoms with Crippen molar-refractivity contribution in [3.05, 3.63) is 29.6 Å². The van der Waals surface area contributed by atoms with Crippen molar-refractivity contribution in [1.29, 1.82) is 0 Å². The molecule has 118 valence electrons. The molecule has 1 aromatic heterocycles. The fourth-order valence-electron chi connectivity index (χ4n) is 2.77. The molecule has 5 nitrogen and oxygen atoms in total. The van der Waals surface area contributed by atoms with E-state index in [1.165, 1.54) is 22.8 Å². The molecule has 1 fully saturated rings. The summed E-state index contributed by atoms with van der Waals surface area (Å²) < 4.78 is 4.20. The zero-order chi connectivity index (χ0) is 15.5. The topological polar surface area (TPSA) is 44.3 Å². The minimum atomic E-state index is 0.815. The summed E-state index contributed by atoms with van der Waals surface area (Å²) in [5.41, 5.74) is 3.66. The number of aromatic nitrogens is 2. The summed E-state index contributed by atoms with van der Waals surface area (Å²) in [4.78, 5) is 9.32. The van der Waals surface area contributed by atoms with E-state index in [2.05, 4.69) is 56.5 Å². The van der Waals surface area contributed by atoms with Gasteiger partial charge >= 0.3 is 0 Å². The monoisotopic (exact) mass is 317 g/mol. The van der Waals surface area contributed by atoms with Crippen molar-refractivity contribution in [2.45, 2.75) is 20.8 Å². The molecule has 1 saturated heterocycles. The maximum atomic E-state index is 4.36. The molecule has 0 aliphatic carbocycles. The Morgan fingerprint density at radius 2 is 1.95 bits per heavy atom. The van der Waals surface area contributed by atoms with Crippen LogP contribution in [-0.4, -0.2) is 47.0 Å². The lowest BCUT2D eigenvalue weighted by Gasteiger charge is -2.35. The zero-order valence-electron chi connectivity index (χ0n) is 13.5. The average molecular weight is 317 g/mol. The van der Waals surface area contributed by atoms with Crippen LogP contribution in [0.25, 0.3) is 0 Å². The largest absolute Gasteiger partial charge is 0.369 e. The summed E-state index contributed by atoms with van der Waals surface area (Å²) in [6, 6.07) is 6.61. The molecule has 0 atom stereocenters. The maximum absolute atomic E-state index is 4.36. The van der Waals surface area contributed by atoms with Crippen molar-refractivity contribution in [2.24, 2.45) is 0 Å². The lowest BCUT2D eigenvalue weighted by Crippen LogP contribution is -2.46. The normalized spacial score (nSPS) is 16.0. The Balaban J connectivity index is 1.69. The van der Waals surface area contributed by atoms with E-state index in [-0.39, 0.29) is 0 Å². The highest BCUT2D eigenvalue weighted by Gasteiger charge is 2.16. The number of nitrogens with zero attached hydrogens (tertiary/aromatic N) is 4. The number of rotatable bonds is 4. The van der Waals surface area contributed by atoms with Crippen molar-refractivity contribution >= 4 is 28.0 Å². The summed E-state index contributed by atoms with van der Waals surface area (Å²) in [7, 11) is 0. The Hall–Kier alpha value is -1.66. The summed E-state index contributed by atoms with van der Waals surface area (Å²) in [6.07, 6.45) is 0. The third-order valence-electron chi connectivity index (χ3n) is 4.16. The fourth-order valence-corrected chi connectivity index (χ4v) is 3.36. The molecular formula is C16H23N5S.